The summed E-state index contributed by atoms with van der Waals surface area (Å²) in [4.78, 5) is 0. The lowest BCUT2D eigenvalue weighted by atomic mass is 10.0. The Morgan fingerprint density at radius 1 is 0.778 bits per heavy atom. The molecule has 0 saturated heterocycles. The molecule has 0 aliphatic carbocycles. The van der Waals surface area contributed by atoms with Gasteiger partial charge in [-0.3, -0.25) is 0 Å². The average molecular weight is 299 g/mol. The molecule has 0 fully saturated rings. The summed E-state index contributed by atoms with van der Waals surface area (Å²) in [6, 6.07) is 19.9. The van der Waals surface area contributed by atoms with Gasteiger partial charge in [0.2, 0.25) is 0 Å². The van der Waals surface area contributed by atoms with E-state index in [1.165, 1.54) is 10.8 Å². The largest absolute Gasteiger partial charge is 0.507 e. The van der Waals surface area contributed by atoms with Gasteiger partial charge >= 0.3 is 0 Å². The zero-order valence-corrected chi connectivity index (χ0v) is 11.2. The third-order valence-electron chi connectivity index (χ3n) is 3.02. The first-order valence-electron chi connectivity index (χ1n) is 5.72. The van der Waals surface area contributed by atoms with Crippen molar-refractivity contribution in [3.8, 4) is 16.9 Å². The minimum atomic E-state index is 0.300. The van der Waals surface area contributed by atoms with Crippen molar-refractivity contribution >= 4 is 26.7 Å². The van der Waals surface area contributed by atoms with Crippen LogP contribution in [-0.4, -0.2) is 5.11 Å². The molecule has 0 radical (unpaired) electrons. The molecular weight excluding hydrogens is 288 g/mol. The van der Waals surface area contributed by atoms with E-state index < -0.39 is 0 Å². The Kier molecular flexibility index (Phi) is 2.80. The number of hydrogen-bond donors (Lipinski definition) is 1. The Balaban J connectivity index is 2.22. The maximum atomic E-state index is 9.94. The van der Waals surface area contributed by atoms with Gasteiger partial charge in [-0.2, -0.15) is 0 Å². The Hall–Kier alpha value is -1.80. The molecule has 0 saturated carbocycles. The van der Waals surface area contributed by atoms with Crippen molar-refractivity contribution in [2.45, 2.75) is 0 Å². The number of phenols is 1. The van der Waals surface area contributed by atoms with Crippen LogP contribution in [0.2, 0.25) is 0 Å². The van der Waals surface area contributed by atoms with Gasteiger partial charge in [0.25, 0.3) is 0 Å². The van der Waals surface area contributed by atoms with Gasteiger partial charge in [-0.1, -0.05) is 52.3 Å². The second-order valence-electron chi connectivity index (χ2n) is 4.22. The number of benzene rings is 3. The van der Waals surface area contributed by atoms with Crippen LogP contribution in [0.25, 0.3) is 21.9 Å². The van der Waals surface area contributed by atoms with Gasteiger partial charge in [0, 0.05) is 10.0 Å². The van der Waals surface area contributed by atoms with Crippen molar-refractivity contribution < 1.29 is 5.11 Å². The smallest absolute Gasteiger partial charge is 0.123 e. The predicted molar refractivity (Wildman–Crippen MR) is 78.7 cm³/mol. The van der Waals surface area contributed by atoms with E-state index in [1.807, 2.05) is 30.3 Å². The lowest BCUT2D eigenvalue weighted by molar-refractivity contribution is 0.477. The Morgan fingerprint density at radius 3 is 2.39 bits per heavy atom. The van der Waals surface area contributed by atoms with Crippen LogP contribution in [0, 0.1) is 0 Å². The fourth-order valence-electron chi connectivity index (χ4n) is 2.10. The second-order valence-corrected chi connectivity index (χ2v) is 5.14. The van der Waals surface area contributed by atoms with Gasteiger partial charge in [-0.25, -0.2) is 0 Å². The molecule has 1 nitrogen and oxygen atoms in total. The van der Waals surface area contributed by atoms with E-state index in [9.17, 15) is 5.11 Å². The van der Waals surface area contributed by atoms with Crippen LogP contribution < -0.4 is 0 Å². The first-order valence-corrected chi connectivity index (χ1v) is 6.51. The fourth-order valence-corrected chi connectivity index (χ4v) is 2.46. The predicted octanol–water partition coefficient (Wildman–Crippen LogP) is 4.97. The van der Waals surface area contributed by atoms with E-state index in [2.05, 4.69) is 40.2 Å². The first-order chi connectivity index (χ1) is 8.74. The van der Waals surface area contributed by atoms with Crippen molar-refractivity contribution in [1.29, 1.82) is 0 Å². The van der Waals surface area contributed by atoms with Crippen LogP contribution >= 0.6 is 15.9 Å². The third kappa shape index (κ3) is 2.00. The van der Waals surface area contributed by atoms with Gasteiger partial charge < -0.3 is 5.11 Å². The summed E-state index contributed by atoms with van der Waals surface area (Å²) in [6.07, 6.45) is 0. The molecule has 3 rings (SSSR count). The summed E-state index contributed by atoms with van der Waals surface area (Å²) in [5.41, 5.74) is 1.86. The maximum Gasteiger partial charge on any atom is 0.123 e. The van der Waals surface area contributed by atoms with E-state index in [0.717, 1.165) is 15.6 Å². The van der Waals surface area contributed by atoms with E-state index in [4.69, 9.17) is 0 Å². The van der Waals surface area contributed by atoms with E-state index in [1.54, 1.807) is 6.07 Å². The Bertz CT molecular complexity index is 719. The molecule has 0 amide bonds. The van der Waals surface area contributed by atoms with Crippen molar-refractivity contribution in [3.63, 3.8) is 0 Å². The zero-order valence-electron chi connectivity index (χ0n) is 9.60. The highest BCUT2D eigenvalue weighted by Crippen LogP contribution is 2.33. The standard InChI is InChI=1S/C16H11BrO/c17-14-7-8-16(18)15(10-14)13-6-5-11-3-1-2-4-12(11)9-13/h1-10,18H. The monoisotopic (exact) mass is 298 g/mol. The van der Waals surface area contributed by atoms with Crippen LogP contribution in [0.4, 0.5) is 0 Å². The number of phenolic OH excluding ortho intramolecular Hbond substituents is 1. The highest BCUT2D eigenvalue weighted by Gasteiger charge is 2.05. The molecule has 0 spiro atoms. The lowest BCUT2D eigenvalue weighted by Gasteiger charge is -2.07. The van der Waals surface area contributed by atoms with Crippen LogP contribution in [-0.2, 0) is 0 Å². The van der Waals surface area contributed by atoms with Crippen LogP contribution in [0.15, 0.2) is 65.1 Å². The van der Waals surface area contributed by atoms with Crippen LogP contribution in [0.3, 0.4) is 0 Å². The molecule has 0 aliphatic rings. The minimum Gasteiger partial charge on any atom is -0.507 e. The molecule has 3 aromatic carbocycles. The summed E-state index contributed by atoms with van der Waals surface area (Å²) in [7, 11) is 0. The molecule has 0 aliphatic heterocycles. The number of fused-ring (bicyclic) bond motifs is 1. The molecular formula is C16H11BrO. The van der Waals surface area contributed by atoms with Gasteiger partial charge in [-0.15, -0.1) is 0 Å². The first kappa shape index (κ1) is 11.3. The average Bonchev–Trinajstić information content (AvgIpc) is 2.41. The van der Waals surface area contributed by atoms with Gasteiger partial charge in [0.1, 0.15) is 5.75 Å². The molecule has 1 N–H and O–H groups in total. The quantitative estimate of drug-likeness (QED) is 0.672. The summed E-state index contributed by atoms with van der Waals surface area (Å²) in [5, 5.41) is 12.3. The number of aromatic hydroxyl groups is 1. The maximum absolute atomic E-state index is 9.94. The summed E-state index contributed by atoms with van der Waals surface area (Å²) < 4.78 is 0.962. The number of hydrogen-bond acceptors (Lipinski definition) is 1. The topological polar surface area (TPSA) is 20.2 Å². The fraction of sp³-hybridized carbons (Fsp3) is 0. The molecule has 88 valence electrons. The van der Waals surface area contributed by atoms with E-state index in [0.29, 0.717) is 5.75 Å². The molecule has 3 aromatic rings. The van der Waals surface area contributed by atoms with Gasteiger partial charge in [0.15, 0.2) is 0 Å². The molecule has 0 aromatic heterocycles. The Labute approximate surface area is 114 Å². The van der Waals surface area contributed by atoms with Crippen LogP contribution in [0.5, 0.6) is 5.75 Å². The van der Waals surface area contributed by atoms with Crippen molar-refractivity contribution in [2.75, 3.05) is 0 Å². The van der Waals surface area contributed by atoms with Gasteiger partial charge in [0.05, 0.1) is 0 Å². The minimum absolute atomic E-state index is 0.300. The highest BCUT2D eigenvalue weighted by molar-refractivity contribution is 9.10. The number of halogens is 1. The molecule has 18 heavy (non-hydrogen) atoms. The zero-order chi connectivity index (χ0) is 12.5. The van der Waals surface area contributed by atoms with E-state index in [-0.39, 0.29) is 0 Å². The SMILES string of the molecule is Oc1ccc(Br)cc1-c1ccc2ccccc2c1. The Morgan fingerprint density at radius 2 is 1.56 bits per heavy atom. The van der Waals surface area contributed by atoms with Crippen LogP contribution in [0.1, 0.15) is 0 Å². The molecule has 0 unspecified atom stereocenters. The molecule has 0 atom stereocenters. The third-order valence-corrected chi connectivity index (χ3v) is 3.51. The van der Waals surface area contributed by atoms with Crippen molar-refractivity contribution in [1.82, 2.24) is 0 Å². The summed E-state index contributed by atoms with van der Waals surface area (Å²) in [6.45, 7) is 0. The number of rotatable bonds is 1. The highest BCUT2D eigenvalue weighted by atomic mass is 79.9. The molecule has 2 heteroatoms. The summed E-state index contributed by atoms with van der Waals surface area (Å²) >= 11 is 3.43. The second kappa shape index (κ2) is 4.46. The molecule has 0 bridgehead atoms. The van der Waals surface area contributed by atoms with Gasteiger partial charge in [-0.05, 0) is 40.6 Å². The van der Waals surface area contributed by atoms with Crippen molar-refractivity contribution in [3.05, 3.63) is 65.1 Å². The normalized spacial score (nSPS) is 10.7. The van der Waals surface area contributed by atoms with Crippen molar-refractivity contribution in [2.24, 2.45) is 0 Å². The molecule has 0 heterocycles. The lowest BCUT2D eigenvalue weighted by Crippen LogP contribution is -1.80. The summed E-state index contributed by atoms with van der Waals surface area (Å²) in [5.74, 6) is 0.300. The van der Waals surface area contributed by atoms with E-state index >= 15 is 0 Å².